The van der Waals surface area contributed by atoms with E-state index >= 15 is 0 Å². The van der Waals surface area contributed by atoms with Crippen LogP contribution in [0, 0.1) is 63.6 Å². The van der Waals surface area contributed by atoms with E-state index in [1.165, 1.54) is 12.8 Å². The molecule has 0 radical (unpaired) electrons. The molecule has 2 aliphatic heterocycles. The van der Waals surface area contributed by atoms with Gasteiger partial charge in [-0.1, -0.05) is 57.1 Å². The molecular weight excluding hydrogens is 544 g/mol. The third-order valence-electron chi connectivity index (χ3n) is 9.65. The Morgan fingerprint density at radius 1 is 1.05 bits per heavy atom. The Morgan fingerprint density at radius 2 is 1.79 bits per heavy atom. The lowest BCUT2D eigenvalue weighted by atomic mass is 9.46. The van der Waals surface area contributed by atoms with Crippen LogP contribution in [0.1, 0.15) is 67.8 Å². The van der Waals surface area contributed by atoms with E-state index in [0.29, 0.717) is 40.3 Å². The molecule has 6 rings (SSSR count). The number of pyridine rings is 1. The molecule has 42 heavy (non-hydrogen) atoms. The summed E-state index contributed by atoms with van der Waals surface area (Å²) in [7, 11) is 0. The molecule has 3 heterocycles. The van der Waals surface area contributed by atoms with Crippen molar-refractivity contribution < 1.29 is 9.53 Å². The number of aromatic nitrogens is 1. The molecule has 4 aliphatic rings. The minimum Gasteiger partial charge on any atom is -0.489 e. The molecule has 7 heteroatoms. The van der Waals surface area contributed by atoms with Crippen LogP contribution in [-0.4, -0.2) is 54.0 Å². The average molecular weight is 581 g/mol. The zero-order valence-electron chi connectivity index (χ0n) is 24.8. The van der Waals surface area contributed by atoms with Crippen molar-refractivity contribution in [2.24, 2.45) is 28.6 Å². The van der Waals surface area contributed by atoms with Crippen molar-refractivity contribution in [2.75, 3.05) is 26.2 Å². The number of halogens is 1. The Labute approximate surface area is 254 Å². The molecule has 1 aromatic heterocycles. The van der Waals surface area contributed by atoms with Crippen LogP contribution in [0.25, 0.3) is 0 Å². The van der Waals surface area contributed by atoms with E-state index in [9.17, 15) is 4.79 Å². The van der Waals surface area contributed by atoms with E-state index in [4.69, 9.17) is 26.6 Å². The molecule has 1 aromatic carbocycles. The molecule has 1 saturated carbocycles. The van der Waals surface area contributed by atoms with Gasteiger partial charge in [0.25, 0.3) is 0 Å². The number of carbonyl (C=O) groups is 1. The van der Waals surface area contributed by atoms with Crippen LogP contribution in [0.3, 0.4) is 0 Å². The van der Waals surface area contributed by atoms with Crippen LogP contribution in [-0.2, 0) is 6.42 Å². The minimum atomic E-state index is -0.384. The number of ketones is 1. The number of nitriles is 1. The third-order valence-corrected chi connectivity index (χ3v) is 9.96. The number of likely N-dealkylation sites (tertiary alicyclic amines) is 1. The topological polar surface area (TPSA) is 78.2 Å². The van der Waals surface area contributed by atoms with Gasteiger partial charge in [0.2, 0.25) is 0 Å². The van der Waals surface area contributed by atoms with Crippen LogP contribution in [0.2, 0.25) is 5.02 Å². The fourth-order valence-corrected chi connectivity index (χ4v) is 7.78. The fraction of sp³-hybridized carbons (Fsp3) is 0.514. The Balaban J connectivity index is 1.09. The number of nitrogens with one attached hydrogen (secondary N) is 1. The number of hydrogen-bond donors (Lipinski definition) is 1. The highest BCUT2D eigenvalue weighted by Crippen LogP contribution is 2.60. The van der Waals surface area contributed by atoms with Gasteiger partial charge in [-0.25, -0.2) is 4.98 Å². The van der Waals surface area contributed by atoms with Gasteiger partial charge in [0.15, 0.2) is 5.78 Å². The molecule has 1 atom stereocenters. The highest BCUT2D eigenvalue weighted by atomic mass is 35.5. The van der Waals surface area contributed by atoms with Crippen LogP contribution >= 0.6 is 11.6 Å². The minimum absolute atomic E-state index is 0.0432. The van der Waals surface area contributed by atoms with Crippen LogP contribution < -0.4 is 10.1 Å². The summed E-state index contributed by atoms with van der Waals surface area (Å²) in [6.45, 7) is 12.9. The van der Waals surface area contributed by atoms with E-state index in [-0.39, 0.29) is 34.6 Å². The van der Waals surface area contributed by atoms with Gasteiger partial charge in [-0.3, -0.25) is 9.69 Å². The molecule has 1 unspecified atom stereocenters. The number of benzene rings is 1. The summed E-state index contributed by atoms with van der Waals surface area (Å²) in [6, 6.07) is 11.7. The highest BCUT2D eigenvalue weighted by Gasteiger charge is 2.63. The van der Waals surface area contributed by atoms with Crippen molar-refractivity contribution >= 4 is 17.4 Å². The first-order valence-corrected chi connectivity index (χ1v) is 15.3. The second-order valence-electron chi connectivity index (χ2n) is 13.3. The monoisotopic (exact) mass is 580 g/mol. The molecule has 2 saturated heterocycles. The smallest absolute Gasteiger partial charge is 0.180 e. The molecule has 3 fully saturated rings. The van der Waals surface area contributed by atoms with E-state index < -0.39 is 0 Å². The van der Waals surface area contributed by atoms with Crippen LogP contribution in [0.5, 0.6) is 5.75 Å². The second-order valence-corrected chi connectivity index (χ2v) is 13.7. The average Bonchev–Trinajstić information content (AvgIpc) is 3.25. The fourth-order valence-electron chi connectivity index (χ4n) is 7.57. The number of Topliss-reactive ketones (excluding diaryl/α,β-unsaturated/α-hetero) is 1. The van der Waals surface area contributed by atoms with Crippen LogP contribution in [0.15, 0.2) is 30.3 Å². The Hall–Kier alpha value is -3.34. The maximum Gasteiger partial charge on any atom is 0.180 e. The molecule has 0 amide bonds. The Kier molecular flexibility index (Phi) is 7.57. The second kappa shape index (κ2) is 11.1. The molecule has 1 N–H and O–H groups in total. The number of piperidine rings is 1. The molecule has 0 bridgehead atoms. The van der Waals surface area contributed by atoms with Gasteiger partial charge in [-0.15, -0.1) is 0 Å². The molecule has 6 nitrogen and oxygen atoms in total. The van der Waals surface area contributed by atoms with E-state index in [1.807, 2.05) is 12.1 Å². The molecular formula is C35H37ClN4O2. The van der Waals surface area contributed by atoms with Crippen molar-refractivity contribution in [1.82, 2.24) is 15.2 Å². The van der Waals surface area contributed by atoms with Crippen molar-refractivity contribution in [3.63, 3.8) is 0 Å². The van der Waals surface area contributed by atoms with Crippen molar-refractivity contribution in [3.8, 4) is 35.5 Å². The number of fused-ring (bicyclic) bond motifs is 1. The molecule has 2 aliphatic carbocycles. The van der Waals surface area contributed by atoms with Gasteiger partial charge >= 0.3 is 0 Å². The number of nitrogens with zero attached hydrogens (tertiary/aromatic N) is 3. The summed E-state index contributed by atoms with van der Waals surface area (Å²) in [5, 5.41) is 13.0. The first kappa shape index (κ1) is 28.8. The van der Waals surface area contributed by atoms with Gasteiger partial charge in [-0.05, 0) is 56.1 Å². The summed E-state index contributed by atoms with van der Waals surface area (Å²) in [6.07, 6.45) is 2.88. The lowest BCUT2D eigenvalue weighted by Crippen LogP contribution is -2.65. The number of hydrogen-bond acceptors (Lipinski definition) is 6. The maximum atomic E-state index is 13.2. The Bertz CT molecular complexity index is 1560. The van der Waals surface area contributed by atoms with E-state index in [0.717, 1.165) is 37.6 Å². The quantitative estimate of drug-likeness (QED) is 0.507. The zero-order valence-corrected chi connectivity index (χ0v) is 25.5. The lowest BCUT2D eigenvalue weighted by molar-refractivity contribution is -0.172. The van der Waals surface area contributed by atoms with Gasteiger partial charge in [0.05, 0.1) is 22.2 Å². The maximum absolute atomic E-state index is 13.2. The van der Waals surface area contributed by atoms with Crippen molar-refractivity contribution in [3.05, 3.63) is 57.9 Å². The summed E-state index contributed by atoms with van der Waals surface area (Å²) >= 11 is 6.23. The predicted octanol–water partition coefficient (Wildman–Crippen LogP) is 5.13. The number of ether oxygens (including phenoxy) is 1. The van der Waals surface area contributed by atoms with E-state index in [1.54, 1.807) is 18.2 Å². The van der Waals surface area contributed by atoms with Gasteiger partial charge in [-0.2, -0.15) is 5.26 Å². The number of carbonyl (C=O) groups excluding carboxylic acids is 1. The van der Waals surface area contributed by atoms with Gasteiger partial charge in [0.1, 0.15) is 23.6 Å². The first-order valence-electron chi connectivity index (χ1n) is 15.0. The summed E-state index contributed by atoms with van der Waals surface area (Å²) < 4.78 is 6.38. The van der Waals surface area contributed by atoms with Gasteiger partial charge in [0, 0.05) is 59.8 Å². The summed E-state index contributed by atoms with van der Waals surface area (Å²) in [4.78, 5) is 20.5. The molecule has 2 aromatic rings. The molecule has 0 spiro atoms. The summed E-state index contributed by atoms with van der Waals surface area (Å²) in [5.74, 6) is 14.2. The SMILES string of the molecule is CC1(C)[C@H](C#CC2Cc3nc(C#CC4CN(C5CCNCC5)C4)ccc3C2=O)C(C)(C)[C@H]1Oc1ccc(C#N)c(Cl)c1. The Morgan fingerprint density at radius 3 is 2.48 bits per heavy atom. The molecule has 216 valence electrons. The van der Waals surface area contributed by atoms with Gasteiger partial charge < -0.3 is 10.1 Å². The largest absolute Gasteiger partial charge is 0.489 e. The van der Waals surface area contributed by atoms with Crippen LogP contribution in [0.4, 0.5) is 0 Å². The normalized spacial score (nSPS) is 26.4. The predicted molar refractivity (Wildman–Crippen MR) is 163 cm³/mol. The highest BCUT2D eigenvalue weighted by molar-refractivity contribution is 6.31. The first-order chi connectivity index (χ1) is 20.1. The summed E-state index contributed by atoms with van der Waals surface area (Å²) in [5.41, 5.74) is 2.16. The third kappa shape index (κ3) is 5.20. The number of rotatable bonds is 3. The van der Waals surface area contributed by atoms with Crippen molar-refractivity contribution in [1.29, 1.82) is 5.26 Å². The lowest BCUT2D eigenvalue weighted by Gasteiger charge is -2.61. The van der Waals surface area contributed by atoms with E-state index in [2.05, 4.69) is 67.7 Å². The van der Waals surface area contributed by atoms with Crippen molar-refractivity contribution in [2.45, 2.75) is 59.1 Å². The zero-order chi connectivity index (χ0) is 29.6. The standard InChI is InChI=1S/C35H37ClN4O2/c1-34(2)31(35(3,4)33(34)42-27-10-6-24(19-37)29(36)18-27)12-7-23-17-30-28(32(23)41)11-9-25(39-30)8-5-22-20-40(21-22)26-13-15-38-16-14-26/h6,9-11,18,22-23,26,31,33,38H,13-17,20-21H2,1-4H3/t23?,31-,33-.